The van der Waals surface area contributed by atoms with E-state index in [9.17, 15) is 4.79 Å². The number of ether oxygens (including phenoxy) is 3. The van der Waals surface area contributed by atoms with Crippen molar-refractivity contribution >= 4 is 11.5 Å². The van der Waals surface area contributed by atoms with Crippen LogP contribution in [0, 0.1) is 6.92 Å². The highest BCUT2D eigenvalue weighted by Crippen LogP contribution is 2.33. The number of hydrogen-bond donors (Lipinski definition) is 0. The van der Waals surface area contributed by atoms with Gasteiger partial charge in [-0.1, -0.05) is 18.2 Å². The van der Waals surface area contributed by atoms with E-state index < -0.39 is 0 Å². The molecule has 0 amide bonds. The molecular formula is C17H22O4. The van der Waals surface area contributed by atoms with Crippen molar-refractivity contribution in [3.05, 3.63) is 41.0 Å². The molecule has 1 aliphatic rings. The predicted molar refractivity (Wildman–Crippen MR) is 80.9 cm³/mol. The molecule has 0 aliphatic heterocycles. The highest BCUT2D eigenvalue weighted by atomic mass is 16.7. The molecule has 0 heterocycles. The van der Waals surface area contributed by atoms with Crippen LogP contribution < -0.4 is 0 Å². The Hall–Kier alpha value is -1.65. The van der Waals surface area contributed by atoms with Crippen LogP contribution in [-0.4, -0.2) is 33.1 Å². The minimum absolute atomic E-state index is 0.106. The number of hydrogen-bond acceptors (Lipinski definition) is 4. The Morgan fingerprint density at radius 1 is 1.38 bits per heavy atom. The second-order valence-electron chi connectivity index (χ2n) is 5.24. The fourth-order valence-electron chi connectivity index (χ4n) is 2.80. The fraction of sp³-hybridized carbons (Fsp3) is 0.471. The summed E-state index contributed by atoms with van der Waals surface area (Å²) in [5, 5.41) is 0. The molecule has 0 saturated carbocycles. The van der Waals surface area contributed by atoms with Gasteiger partial charge in [-0.3, -0.25) is 0 Å². The van der Waals surface area contributed by atoms with Gasteiger partial charge in [-0.05, 0) is 48.4 Å². The van der Waals surface area contributed by atoms with E-state index in [1.165, 1.54) is 18.2 Å². The van der Waals surface area contributed by atoms with Crippen LogP contribution in [0.15, 0.2) is 24.3 Å². The first-order chi connectivity index (χ1) is 10.2. The van der Waals surface area contributed by atoms with Crippen LogP contribution in [0.5, 0.6) is 0 Å². The summed E-state index contributed by atoms with van der Waals surface area (Å²) in [5.74, 6) is -0.310. The van der Waals surface area contributed by atoms with E-state index in [0.29, 0.717) is 6.79 Å². The Balaban J connectivity index is 2.35. The van der Waals surface area contributed by atoms with E-state index in [1.807, 2.05) is 6.07 Å². The first kappa shape index (κ1) is 15.7. The molecule has 0 aromatic heterocycles. The Kier molecular flexibility index (Phi) is 5.53. The van der Waals surface area contributed by atoms with Crippen molar-refractivity contribution in [3.63, 3.8) is 0 Å². The van der Waals surface area contributed by atoms with E-state index in [4.69, 9.17) is 14.2 Å². The SMILES string of the molecule is COCOC1CC/C(=C\C(=O)OC)c2c(C)cccc2C1. The van der Waals surface area contributed by atoms with Crippen LogP contribution in [-0.2, 0) is 25.4 Å². The monoisotopic (exact) mass is 290 g/mol. The maximum atomic E-state index is 11.6. The molecule has 1 unspecified atom stereocenters. The lowest BCUT2D eigenvalue weighted by atomic mass is 9.93. The average Bonchev–Trinajstić information content (AvgIpc) is 2.65. The molecule has 1 aromatic rings. The molecule has 0 bridgehead atoms. The van der Waals surface area contributed by atoms with Crippen molar-refractivity contribution in [1.29, 1.82) is 0 Å². The zero-order valence-corrected chi connectivity index (χ0v) is 12.8. The van der Waals surface area contributed by atoms with Crippen LogP contribution in [0.2, 0.25) is 0 Å². The molecule has 1 atom stereocenters. The minimum atomic E-state index is -0.310. The van der Waals surface area contributed by atoms with Gasteiger partial charge in [0, 0.05) is 13.2 Å². The largest absolute Gasteiger partial charge is 0.466 e. The van der Waals surface area contributed by atoms with Gasteiger partial charge < -0.3 is 14.2 Å². The number of benzene rings is 1. The Labute approximate surface area is 125 Å². The molecule has 1 aliphatic carbocycles. The number of allylic oxidation sites excluding steroid dienone is 1. The van der Waals surface area contributed by atoms with Gasteiger partial charge in [-0.25, -0.2) is 4.79 Å². The van der Waals surface area contributed by atoms with Crippen LogP contribution in [0.1, 0.15) is 29.5 Å². The lowest BCUT2D eigenvalue weighted by molar-refractivity contribution is -0.134. The van der Waals surface area contributed by atoms with Crippen molar-refractivity contribution in [3.8, 4) is 0 Å². The molecule has 21 heavy (non-hydrogen) atoms. The van der Waals surface area contributed by atoms with Gasteiger partial charge in [0.05, 0.1) is 13.2 Å². The first-order valence-corrected chi connectivity index (χ1v) is 7.13. The van der Waals surface area contributed by atoms with E-state index >= 15 is 0 Å². The normalized spacial score (nSPS) is 20.0. The summed E-state index contributed by atoms with van der Waals surface area (Å²) in [7, 11) is 3.02. The van der Waals surface area contributed by atoms with Crippen molar-refractivity contribution in [2.45, 2.75) is 32.3 Å². The van der Waals surface area contributed by atoms with E-state index in [0.717, 1.165) is 30.4 Å². The van der Waals surface area contributed by atoms with Crippen molar-refractivity contribution in [2.75, 3.05) is 21.0 Å². The van der Waals surface area contributed by atoms with Gasteiger partial charge in [-0.15, -0.1) is 0 Å². The zero-order valence-electron chi connectivity index (χ0n) is 12.8. The highest BCUT2D eigenvalue weighted by Gasteiger charge is 2.22. The summed E-state index contributed by atoms with van der Waals surface area (Å²) in [6, 6.07) is 6.21. The van der Waals surface area contributed by atoms with Gasteiger partial charge in [0.25, 0.3) is 0 Å². The Morgan fingerprint density at radius 3 is 2.90 bits per heavy atom. The molecule has 0 N–H and O–H groups in total. The molecule has 114 valence electrons. The van der Waals surface area contributed by atoms with Crippen LogP contribution in [0.25, 0.3) is 5.57 Å². The molecule has 0 radical (unpaired) electrons. The summed E-state index contributed by atoms with van der Waals surface area (Å²) in [6.45, 7) is 2.36. The summed E-state index contributed by atoms with van der Waals surface area (Å²) < 4.78 is 15.5. The molecule has 0 spiro atoms. The maximum Gasteiger partial charge on any atom is 0.330 e. The third-order valence-electron chi connectivity index (χ3n) is 3.78. The number of carbonyl (C=O) groups is 1. The lowest BCUT2D eigenvalue weighted by Crippen LogP contribution is -2.16. The number of aryl methyl sites for hydroxylation is 1. The van der Waals surface area contributed by atoms with Crippen LogP contribution in [0.4, 0.5) is 0 Å². The van der Waals surface area contributed by atoms with E-state index in [-0.39, 0.29) is 12.1 Å². The molecule has 2 rings (SSSR count). The predicted octanol–water partition coefficient (Wildman–Crippen LogP) is 2.88. The van der Waals surface area contributed by atoms with Crippen molar-refractivity contribution < 1.29 is 19.0 Å². The number of fused-ring (bicyclic) bond motifs is 1. The number of rotatable bonds is 4. The molecule has 0 saturated heterocycles. The third kappa shape index (κ3) is 3.93. The Bertz CT molecular complexity index is 534. The molecule has 4 nitrogen and oxygen atoms in total. The second kappa shape index (κ2) is 7.38. The summed E-state index contributed by atoms with van der Waals surface area (Å²) >= 11 is 0. The summed E-state index contributed by atoms with van der Waals surface area (Å²) in [4.78, 5) is 11.6. The maximum absolute atomic E-state index is 11.6. The second-order valence-corrected chi connectivity index (χ2v) is 5.24. The molecular weight excluding hydrogens is 268 g/mol. The lowest BCUT2D eigenvalue weighted by Gasteiger charge is -2.15. The topological polar surface area (TPSA) is 44.8 Å². The molecule has 0 fully saturated rings. The van der Waals surface area contributed by atoms with Gasteiger partial charge in [0.1, 0.15) is 6.79 Å². The third-order valence-corrected chi connectivity index (χ3v) is 3.78. The van der Waals surface area contributed by atoms with Gasteiger partial charge in [-0.2, -0.15) is 0 Å². The van der Waals surface area contributed by atoms with Crippen molar-refractivity contribution in [2.24, 2.45) is 0 Å². The number of esters is 1. The van der Waals surface area contributed by atoms with Gasteiger partial charge in [0.2, 0.25) is 0 Å². The average molecular weight is 290 g/mol. The Morgan fingerprint density at radius 2 is 2.19 bits per heavy atom. The van der Waals surface area contributed by atoms with Crippen molar-refractivity contribution in [1.82, 2.24) is 0 Å². The molecule has 4 heteroatoms. The highest BCUT2D eigenvalue weighted by molar-refractivity contribution is 5.92. The number of carbonyl (C=O) groups excluding carboxylic acids is 1. The van der Waals surface area contributed by atoms with Crippen LogP contribution in [0.3, 0.4) is 0 Å². The quantitative estimate of drug-likeness (QED) is 0.370. The summed E-state index contributed by atoms with van der Waals surface area (Å²) in [6.07, 6.45) is 4.19. The zero-order chi connectivity index (χ0) is 15.2. The molecule has 1 aromatic carbocycles. The minimum Gasteiger partial charge on any atom is -0.466 e. The smallest absolute Gasteiger partial charge is 0.330 e. The van der Waals surface area contributed by atoms with Gasteiger partial charge >= 0.3 is 5.97 Å². The van der Waals surface area contributed by atoms with E-state index in [2.05, 4.69) is 19.1 Å². The summed E-state index contributed by atoms with van der Waals surface area (Å²) in [5.41, 5.74) is 4.57. The number of methoxy groups -OCH3 is 2. The first-order valence-electron chi connectivity index (χ1n) is 7.13. The van der Waals surface area contributed by atoms with E-state index in [1.54, 1.807) is 13.2 Å². The van der Waals surface area contributed by atoms with Gasteiger partial charge in [0.15, 0.2) is 0 Å². The fourth-order valence-corrected chi connectivity index (χ4v) is 2.80. The standard InChI is InChI=1S/C17H22O4/c1-12-5-4-6-13-9-15(21-11-19-2)8-7-14(17(12)13)10-16(18)20-3/h4-6,10,15H,7-9,11H2,1-3H3/b14-10+. The van der Waals surface area contributed by atoms with Crippen LogP contribution >= 0.6 is 0 Å².